The molecule has 0 saturated carbocycles. The molecular weight excluding hydrogens is 222 g/mol. The van der Waals surface area contributed by atoms with Crippen LogP contribution in [0, 0.1) is 6.92 Å². The fourth-order valence-corrected chi connectivity index (χ4v) is 1.84. The lowest BCUT2D eigenvalue weighted by Gasteiger charge is -2.03. The Labute approximate surface area is 108 Å². The summed E-state index contributed by atoms with van der Waals surface area (Å²) in [6, 6.07) is 12.0. The Hall–Kier alpha value is -1.96. The van der Waals surface area contributed by atoms with Crippen LogP contribution < -0.4 is 0 Å². The molecule has 0 bridgehead atoms. The van der Waals surface area contributed by atoms with Crippen molar-refractivity contribution in [3.63, 3.8) is 0 Å². The summed E-state index contributed by atoms with van der Waals surface area (Å²) in [6.45, 7) is 3.58. The van der Waals surface area contributed by atoms with Crippen LogP contribution in [0.25, 0.3) is 0 Å². The van der Waals surface area contributed by atoms with Gasteiger partial charge in [0.1, 0.15) is 0 Å². The number of ketones is 1. The van der Waals surface area contributed by atoms with E-state index in [1.807, 2.05) is 43.5 Å². The van der Waals surface area contributed by atoms with E-state index in [0.717, 1.165) is 24.1 Å². The van der Waals surface area contributed by atoms with Gasteiger partial charge in [-0.05, 0) is 43.9 Å². The number of nitrogens with zero attached hydrogens (tertiary/aromatic N) is 1. The van der Waals surface area contributed by atoms with E-state index in [-0.39, 0.29) is 5.78 Å². The molecule has 0 atom stereocenters. The van der Waals surface area contributed by atoms with Gasteiger partial charge in [-0.2, -0.15) is 0 Å². The molecule has 0 unspecified atom stereocenters. The van der Waals surface area contributed by atoms with Crippen molar-refractivity contribution in [3.8, 4) is 0 Å². The van der Waals surface area contributed by atoms with Gasteiger partial charge in [-0.15, -0.1) is 0 Å². The van der Waals surface area contributed by atoms with E-state index in [2.05, 4.69) is 11.1 Å². The molecule has 0 amide bonds. The van der Waals surface area contributed by atoms with Gasteiger partial charge in [-0.1, -0.05) is 30.3 Å². The summed E-state index contributed by atoms with van der Waals surface area (Å²) >= 11 is 0. The van der Waals surface area contributed by atoms with Crippen molar-refractivity contribution in [1.82, 2.24) is 4.98 Å². The molecule has 18 heavy (non-hydrogen) atoms. The highest BCUT2D eigenvalue weighted by Crippen LogP contribution is 2.09. The number of aromatic nitrogens is 1. The molecule has 0 aliphatic carbocycles. The lowest BCUT2D eigenvalue weighted by atomic mass is 10.0. The van der Waals surface area contributed by atoms with Crippen LogP contribution in [-0.2, 0) is 12.8 Å². The summed E-state index contributed by atoms with van der Waals surface area (Å²) in [5.41, 5.74) is 4.32. The summed E-state index contributed by atoms with van der Waals surface area (Å²) in [6.07, 6.45) is 3.88. The first-order valence-electron chi connectivity index (χ1n) is 6.16. The highest BCUT2D eigenvalue weighted by molar-refractivity contribution is 5.93. The van der Waals surface area contributed by atoms with Gasteiger partial charge in [0.2, 0.25) is 0 Å². The van der Waals surface area contributed by atoms with Crippen LogP contribution in [0.5, 0.6) is 0 Å². The molecule has 0 saturated heterocycles. The lowest BCUT2D eigenvalue weighted by Crippen LogP contribution is -1.95. The van der Waals surface area contributed by atoms with Gasteiger partial charge in [0, 0.05) is 17.5 Å². The van der Waals surface area contributed by atoms with Crippen molar-refractivity contribution in [2.75, 3.05) is 0 Å². The average molecular weight is 239 g/mol. The molecule has 0 N–H and O–H groups in total. The first-order chi connectivity index (χ1) is 8.65. The van der Waals surface area contributed by atoms with Crippen LogP contribution in [0.4, 0.5) is 0 Å². The van der Waals surface area contributed by atoms with E-state index in [9.17, 15) is 4.79 Å². The van der Waals surface area contributed by atoms with Crippen molar-refractivity contribution in [2.24, 2.45) is 0 Å². The van der Waals surface area contributed by atoms with Gasteiger partial charge in [0.05, 0.1) is 0 Å². The van der Waals surface area contributed by atoms with E-state index in [1.165, 1.54) is 11.1 Å². The van der Waals surface area contributed by atoms with Gasteiger partial charge in [-0.3, -0.25) is 9.78 Å². The number of rotatable bonds is 4. The van der Waals surface area contributed by atoms with E-state index in [0.29, 0.717) is 0 Å². The van der Waals surface area contributed by atoms with Crippen LogP contribution >= 0.6 is 0 Å². The molecular formula is C16H17NO. The van der Waals surface area contributed by atoms with Crippen molar-refractivity contribution < 1.29 is 4.79 Å². The minimum atomic E-state index is 0.115. The van der Waals surface area contributed by atoms with E-state index in [4.69, 9.17) is 0 Å². The molecule has 2 rings (SSSR count). The molecule has 0 spiro atoms. The maximum atomic E-state index is 11.2. The molecule has 0 aliphatic heterocycles. The first kappa shape index (κ1) is 12.5. The molecule has 1 heterocycles. The van der Waals surface area contributed by atoms with Crippen LogP contribution in [0.3, 0.4) is 0 Å². The Balaban J connectivity index is 1.97. The summed E-state index contributed by atoms with van der Waals surface area (Å²) in [4.78, 5) is 15.4. The quantitative estimate of drug-likeness (QED) is 0.766. The van der Waals surface area contributed by atoms with E-state index < -0.39 is 0 Å². The molecule has 1 aromatic heterocycles. The van der Waals surface area contributed by atoms with Gasteiger partial charge in [-0.25, -0.2) is 0 Å². The fraction of sp³-hybridized carbons (Fsp3) is 0.250. The van der Waals surface area contributed by atoms with Crippen molar-refractivity contribution in [2.45, 2.75) is 26.7 Å². The largest absolute Gasteiger partial charge is 0.295 e. The smallest absolute Gasteiger partial charge is 0.159 e. The normalized spacial score (nSPS) is 10.3. The van der Waals surface area contributed by atoms with E-state index >= 15 is 0 Å². The molecule has 0 fully saturated rings. The Morgan fingerprint density at radius 2 is 1.61 bits per heavy atom. The third kappa shape index (κ3) is 3.27. The second kappa shape index (κ2) is 5.58. The Kier molecular flexibility index (Phi) is 3.88. The minimum absolute atomic E-state index is 0.115. The SMILES string of the molecule is CC(=O)c1ccc(CCc2ccc(C)nc2)cc1. The number of hydrogen-bond donors (Lipinski definition) is 0. The zero-order chi connectivity index (χ0) is 13.0. The molecule has 0 aliphatic rings. The first-order valence-corrected chi connectivity index (χ1v) is 6.16. The van der Waals surface area contributed by atoms with Crippen molar-refractivity contribution in [1.29, 1.82) is 0 Å². The maximum Gasteiger partial charge on any atom is 0.159 e. The Morgan fingerprint density at radius 3 is 2.17 bits per heavy atom. The summed E-state index contributed by atoms with van der Waals surface area (Å²) in [5, 5.41) is 0. The van der Waals surface area contributed by atoms with Gasteiger partial charge in [0.15, 0.2) is 5.78 Å². The fourth-order valence-electron chi connectivity index (χ4n) is 1.84. The van der Waals surface area contributed by atoms with Crippen LogP contribution in [0.2, 0.25) is 0 Å². The van der Waals surface area contributed by atoms with Crippen LogP contribution in [-0.4, -0.2) is 10.8 Å². The third-order valence-corrected chi connectivity index (χ3v) is 3.04. The molecule has 0 radical (unpaired) electrons. The lowest BCUT2D eigenvalue weighted by molar-refractivity contribution is 0.101. The molecule has 2 nitrogen and oxygen atoms in total. The standard InChI is InChI=1S/C16H17NO/c1-12-3-4-15(11-17-12)6-5-14-7-9-16(10-8-14)13(2)18/h3-4,7-11H,5-6H2,1-2H3. The second-order valence-electron chi connectivity index (χ2n) is 4.56. The Morgan fingerprint density at radius 1 is 1.00 bits per heavy atom. The number of benzene rings is 1. The number of hydrogen-bond acceptors (Lipinski definition) is 2. The predicted molar refractivity (Wildman–Crippen MR) is 72.8 cm³/mol. The topological polar surface area (TPSA) is 30.0 Å². The molecule has 92 valence electrons. The zero-order valence-electron chi connectivity index (χ0n) is 10.8. The van der Waals surface area contributed by atoms with Crippen molar-refractivity contribution in [3.05, 3.63) is 65.0 Å². The highest BCUT2D eigenvalue weighted by Gasteiger charge is 2.00. The van der Waals surface area contributed by atoms with Gasteiger partial charge >= 0.3 is 0 Å². The van der Waals surface area contributed by atoms with Crippen LogP contribution in [0.15, 0.2) is 42.6 Å². The molecule has 1 aromatic carbocycles. The summed E-state index contributed by atoms with van der Waals surface area (Å²) in [5.74, 6) is 0.115. The van der Waals surface area contributed by atoms with Gasteiger partial charge in [0.25, 0.3) is 0 Å². The highest BCUT2D eigenvalue weighted by atomic mass is 16.1. The van der Waals surface area contributed by atoms with E-state index in [1.54, 1.807) is 6.92 Å². The van der Waals surface area contributed by atoms with Crippen molar-refractivity contribution >= 4 is 5.78 Å². The maximum absolute atomic E-state index is 11.2. The minimum Gasteiger partial charge on any atom is -0.295 e. The summed E-state index contributed by atoms with van der Waals surface area (Å²) < 4.78 is 0. The summed E-state index contributed by atoms with van der Waals surface area (Å²) in [7, 11) is 0. The number of carbonyl (C=O) groups excluding carboxylic acids is 1. The number of pyridine rings is 1. The number of aryl methyl sites for hydroxylation is 3. The number of carbonyl (C=O) groups is 1. The Bertz CT molecular complexity index is 526. The molecule has 2 heteroatoms. The molecule has 2 aromatic rings. The van der Waals surface area contributed by atoms with Gasteiger partial charge < -0.3 is 0 Å². The average Bonchev–Trinajstić information content (AvgIpc) is 2.38. The predicted octanol–water partition coefficient (Wildman–Crippen LogP) is 3.38. The zero-order valence-corrected chi connectivity index (χ0v) is 10.8. The second-order valence-corrected chi connectivity index (χ2v) is 4.56. The number of Topliss-reactive ketones (excluding diaryl/α,β-unsaturated/α-hetero) is 1. The monoisotopic (exact) mass is 239 g/mol. The third-order valence-electron chi connectivity index (χ3n) is 3.04. The van der Waals surface area contributed by atoms with Crippen LogP contribution in [0.1, 0.15) is 34.1 Å².